The van der Waals surface area contributed by atoms with Crippen molar-refractivity contribution in [1.29, 1.82) is 0 Å². The van der Waals surface area contributed by atoms with Gasteiger partial charge in [-0.25, -0.2) is 0 Å². The summed E-state index contributed by atoms with van der Waals surface area (Å²) in [7, 11) is 0. The lowest BCUT2D eigenvalue weighted by atomic mass is 10.0. The smallest absolute Gasteiger partial charge is 0.194 e. The average Bonchev–Trinajstić information content (AvgIpc) is 2.71. The van der Waals surface area contributed by atoms with Crippen LogP contribution < -0.4 is 9.47 Å². The molecule has 0 unspecified atom stereocenters. The number of carbonyl (C=O) groups is 1. The van der Waals surface area contributed by atoms with Gasteiger partial charge in [0.2, 0.25) is 0 Å². The zero-order chi connectivity index (χ0) is 14.8. The number of ketones is 1. The number of hydrogen-bond donors (Lipinski definition) is 0. The third-order valence-corrected chi connectivity index (χ3v) is 3.71. The molecule has 4 heteroatoms. The second-order valence-electron chi connectivity index (χ2n) is 5.02. The van der Waals surface area contributed by atoms with Crippen molar-refractivity contribution in [3.8, 4) is 11.5 Å². The fourth-order valence-electron chi connectivity index (χ4n) is 2.22. The molecule has 0 spiro atoms. The molecule has 0 radical (unpaired) electrons. The van der Waals surface area contributed by atoms with Crippen LogP contribution in [-0.2, 0) is 0 Å². The summed E-state index contributed by atoms with van der Waals surface area (Å²) in [6.07, 6.45) is 0.813. The lowest BCUT2D eigenvalue weighted by Gasteiger charge is -2.11. The Kier molecular flexibility index (Phi) is 3.84. The Morgan fingerprint density at radius 3 is 2.33 bits per heavy atom. The summed E-state index contributed by atoms with van der Waals surface area (Å²) in [6.45, 7) is 3.15. The molecule has 2 aromatic rings. The quantitative estimate of drug-likeness (QED) is 0.785. The molecule has 0 atom stereocenters. The number of carbonyl (C=O) groups excluding carboxylic acids is 1. The minimum absolute atomic E-state index is 0.115. The molecule has 0 aliphatic carbocycles. The normalized spacial score (nSPS) is 13.6. The van der Waals surface area contributed by atoms with E-state index >= 15 is 0 Å². The highest BCUT2D eigenvalue weighted by Gasteiger charge is 2.19. The van der Waals surface area contributed by atoms with Crippen molar-refractivity contribution in [3.05, 3.63) is 58.1 Å². The van der Waals surface area contributed by atoms with E-state index in [9.17, 15) is 4.79 Å². The van der Waals surface area contributed by atoms with Crippen molar-refractivity contribution < 1.29 is 14.3 Å². The lowest BCUT2D eigenvalue weighted by molar-refractivity contribution is 0.103. The highest BCUT2D eigenvalue weighted by atomic mass is 35.5. The highest BCUT2D eigenvalue weighted by molar-refractivity contribution is 6.35. The molecular weight excluding hydrogens is 288 g/mol. The van der Waals surface area contributed by atoms with Crippen molar-refractivity contribution in [2.45, 2.75) is 13.3 Å². The second kappa shape index (κ2) is 5.78. The van der Waals surface area contributed by atoms with E-state index in [1.165, 1.54) is 0 Å². The van der Waals surface area contributed by atoms with E-state index < -0.39 is 0 Å². The van der Waals surface area contributed by atoms with Gasteiger partial charge in [0, 0.05) is 23.6 Å². The van der Waals surface area contributed by atoms with Crippen molar-refractivity contribution in [2.75, 3.05) is 13.2 Å². The van der Waals surface area contributed by atoms with Crippen LogP contribution in [0.15, 0.2) is 36.4 Å². The first-order chi connectivity index (χ1) is 10.1. The van der Waals surface area contributed by atoms with Gasteiger partial charge in [0.25, 0.3) is 0 Å². The fourth-order valence-corrected chi connectivity index (χ4v) is 2.46. The Morgan fingerprint density at radius 1 is 1.05 bits per heavy atom. The molecular formula is C17H15ClO3. The van der Waals surface area contributed by atoms with Crippen LogP contribution in [0.4, 0.5) is 0 Å². The minimum Gasteiger partial charge on any atom is -0.490 e. The Bertz CT molecular complexity index is 677. The van der Waals surface area contributed by atoms with E-state index in [1.807, 2.05) is 19.1 Å². The summed E-state index contributed by atoms with van der Waals surface area (Å²) in [5, 5.41) is 0.379. The highest BCUT2D eigenvalue weighted by Crippen LogP contribution is 2.35. The maximum atomic E-state index is 12.6. The zero-order valence-corrected chi connectivity index (χ0v) is 12.4. The Morgan fingerprint density at radius 2 is 1.67 bits per heavy atom. The number of halogens is 1. The van der Waals surface area contributed by atoms with Crippen molar-refractivity contribution >= 4 is 17.4 Å². The van der Waals surface area contributed by atoms with Gasteiger partial charge in [-0.15, -0.1) is 0 Å². The molecule has 0 aromatic heterocycles. The van der Waals surface area contributed by atoms with Crippen LogP contribution in [0, 0.1) is 6.92 Å². The van der Waals surface area contributed by atoms with Crippen LogP contribution in [0.25, 0.3) is 0 Å². The summed E-state index contributed by atoms with van der Waals surface area (Å²) in [5.74, 6) is 1.06. The van der Waals surface area contributed by atoms with Crippen LogP contribution in [0.3, 0.4) is 0 Å². The SMILES string of the molecule is Cc1ccc(C(=O)c2cc3c(cc2Cl)OCCCO3)cc1. The van der Waals surface area contributed by atoms with Gasteiger partial charge in [0.1, 0.15) is 0 Å². The molecule has 0 amide bonds. The van der Waals surface area contributed by atoms with Crippen LogP contribution in [0.2, 0.25) is 5.02 Å². The molecule has 3 nitrogen and oxygen atoms in total. The van der Waals surface area contributed by atoms with E-state index in [1.54, 1.807) is 24.3 Å². The molecule has 0 saturated carbocycles. The number of ether oxygens (including phenoxy) is 2. The number of fused-ring (bicyclic) bond motifs is 1. The molecule has 3 rings (SSSR count). The first-order valence-electron chi connectivity index (χ1n) is 6.85. The third kappa shape index (κ3) is 2.88. The summed E-state index contributed by atoms with van der Waals surface area (Å²) >= 11 is 6.23. The molecule has 0 bridgehead atoms. The van der Waals surface area contributed by atoms with Crippen molar-refractivity contribution in [1.82, 2.24) is 0 Å². The molecule has 0 N–H and O–H groups in total. The molecule has 21 heavy (non-hydrogen) atoms. The Labute approximate surface area is 128 Å². The summed E-state index contributed by atoms with van der Waals surface area (Å²) in [4.78, 5) is 12.6. The van der Waals surface area contributed by atoms with Gasteiger partial charge >= 0.3 is 0 Å². The monoisotopic (exact) mass is 302 g/mol. The molecule has 1 aliphatic heterocycles. The lowest BCUT2D eigenvalue weighted by Crippen LogP contribution is -2.03. The largest absolute Gasteiger partial charge is 0.490 e. The standard InChI is InChI=1S/C17H15ClO3/c1-11-3-5-12(6-4-11)17(19)13-9-15-16(10-14(13)18)21-8-2-7-20-15/h3-6,9-10H,2,7-8H2,1H3. The maximum Gasteiger partial charge on any atom is 0.194 e. The molecule has 0 saturated heterocycles. The molecule has 2 aromatic carbocycles. The zero-order valence-electron chi connectivity index (χ0n) is 11.7. The Hall–Kier alpha value is -2.00. The van der Waals surface area contributed by atoms with Gasteiger partial charge in [0.15, 0.2) is 17.3 Å². The van der Waals surface area contributed by atoms with E-state index in [0.29, 0.717) is 40.9 Å². The summed E-state index contributed by atoms with van der Waals surface area (Å²) < 4.78 is 11.2. The second-order valence-corrected chi connectivity index (χ2v) is 5.43. The maximum absolute atomic E-state index is 12.6. The van der Waals surface area contributed by atoms with Gasteiger partial charge in [-0.3, -0.25) is 4.79 Å². The van der Waals surface area contributed by atoms with Gasteiger partial charge in [0.05, 0.1) is 18.2 Å². The van der Waals surface area contributed by atoms with Crippen molar-refractivity contribution in [3.63, 3.8) is 0 Å². The first kappa shape index (κ1) is 14.0. The van der Waals surface area contributed by atoms with E-state index in [-0.39, 0.29) is 5.78 Å². The predicted molar refractivity (Wildman–Crippen MR) is 81.7 cm³/mol. The number of hydrogen-bond acceptors (Lipinski definition) is 3. The summed E-state index contributed by atoms with van der Waals surface area (Å²) in [6, 6.07) is 10.7. The van der Waals surface area contributed by atoms with Gasteiger partial charge < -0.3 is 9.47 Å². The predicted octanol–water partition coefficient (Wildman–Crippen LogP) is 4.04. The minimum atomic E-state index is -0.115. The summed E-state index contributed by atoms with van der Waals surface area (Å²) in [5.41, 5.74) is 2.15. The molecule has 0 fully saturated rings. The molecule has 1 aliphatic rings. The van der Waals surface area contributed by atoms with E-state index in [4.69, 9.17) is 21.1 Å². The van der Waals surface area contributed by atoms with Gasteiger partial charge in [-0.05, 0) is 13.0 Å². The number of aryl methyl sites for hydroxylation is 1. The van der Waals surface area contributed by atoms with Crippen LogP contribution in [0.1, 0.15) is 27.9 Å². The average molecular weight is 303 g/mol. The van der Waals surface area contributed by atoms with E-state index in [0.717, 1.165) is 12.0 Å². The van der Waals surface area contributed by atoms with E-state index in [2.05, 4.69) is 0 Å². The Balaban J connectivity index is 2.00. The molecule has 108 valence electrons. The third-order valence-electron chi connectivity index (χ3n) is 3.40. The van der Waals surface area contributed by atoms with Crippen LogP contribution in [-0.4, -0.2) is 19.0 Å². The first-order valence-corrected chi connectivity index (χ1v) is 7.23. The van der Waals surface area contributed by atoms with Gasteiger partial charge in [-0.1, -0.05) is 41.4 Å². The molecule has 1 heterocycles. The van der Waals surface area contributed by atoms with Crippen LogP contribution >= 0.6 is 11.6 Å². The van der Waals surface area contributed by atoms with Crippen LogP contribution in [0.5, 0.6) is 11.5 Å². The topological polar surface area (TPSA) is 35.5 Å². The van der Waals surface area contributed by atoms with Gasteiger partial charge in [-0.2, -0.15) is 0 Å². The number of rotatable bonds is 2. The fraction of sp³-hybridized carbons (Fsp3) is 0.235. The van der Waals surface area contributed by atoms with Crippen molar-refractivity contribution in [2.24, 2.45) is 0 Å². The number of benzene rings is 2.